The minimum Gasteiger partial charge on any atom is -0.481 e. The number of rotatable bonds is 5. The molecule has 1 aliphatic rings. The molecule has 3 rings (SSSR count). The lowest BCUT2D eigenvalue weighted by Crippen LogP contribution is -2.36. The monoisotopic (exact) mass is 333 g/mol. The molecule has 0 spiro atoms. The van der Waals surface area contributed by atoms with Crippen LogP contribution in [0.1, 0.15) is 31.5 Å². The minimum absolute atomic E-state index is 0.0943. The van der Waals surface area contributed by atoms with E-state index in [1.807, 2.05) is 0 Å². The number of carboxylic acids is 1. The van der Waals surface area contributed by atoms with Crippen molar-refractivity contribution < 1.29 is 19.1 Å². The van der Waals surface area contributed by atoms with E-state index in [4.69, 9.17) is 5.11 Å². The third-order valence-electron chi connectivity index (χ3n) is 4.55. The highest BCUT2D eigenvalue weighted by atomic mass is 19.1. The van der Waals surface area contributed by atoms with Crippen molar-refractivity contribution in [3.63, 3.8) is 0 Å². The Bertz CT molecular complexity index is 759. The molecule has 1 aliphatic carbocycles. The SMILES string of the molecule is O=C(O)C1CCCC(C(=O)NCCc2nc3ccc(F)cc3[nH]2)C1. The molecule has 0 aliphatic heterocycles. The lowest BCUT2D eigenvalue weighted by Gasteiger charge is -2.25. The average molecular weight is 333 g/mol. The first-order chi connectivity index (χ1) is 11.5. The number of aliphatic carboxylic acids is 1. The molecule has 2 atom stereocenters. The number of carbonyl (C=O) groups is 2. The average Bonchev–Trinajstić information content (AvgIpc) is 2.96. The highest BCUT2D eigenvalue weighted by Crippen LogP contribution is 2.29. The summed E-state index contributed by atoms with van der Waals surface area (Å²) < 4.78 is 13.2. The molecule has 1 saturated carbocycles. The van der Waals surface area contributed by atoms with Gasteiger partial charge in [0.2, 0.25) is 5.91 Å². The fraction of sp³-hybridized carbons (Fsp3) is 0.471. The maximum atomic E-state index is 13.2. The van der Waals surface area contributed by atoms with Gasteiger partial charge in [-0.25, -0.2) is 9.37 Å². The number of carboxylic acid groups (broad SMARTS) is 1. The first-order valence-corrected chi connectivity index (χ1v) is 8.17. The van der Waals surface area contributed by atoms with Crippen LogP contribution >= 0.6 is 0 Å². The van der Waals surface area contributed by atoms with E-state index in [-0.39, 0.29) is 17.6 Å². The topological polar surface area (TPSA) is 95.1 Å². The molecule has 0 bridgehead atoms. The zero-order valence-corrected chi connectivity index (χ0v) is 13.2. The highest BCUT2D eigenvalue weighted by molar-refractivity contribution is 5.80. The van der Waals surface area contributed by atoms with Gasteiger partial charge < -0.3 is 15.4 Å². The van der Waals surface area contributed by atoms with E-state index in [9.17, 15) is 14.0 Å². The summed E-state index contributed by atoms with van der Waals surface area (Å²) in [5.74, 6) is -1.20. The van der Waals surface area contributed by atoms with Crippen LogP contribution in [0.3, 0.4) is 0 Å². The summed E-state index contributed by atoms with van der Waals surface area (Å²) in [7, 11) is 0. The number of hydrogen-bond donors (Lipinski definition) is 3. The zero-order chi connectivity index (χ0) is 17.1. The van der Waals surface area contributed by atoms with Crippen LogP contribution in [0.2, 0.25) is 0 Å². The molecule has 2 unspecified atom stereocenters. The Kier molecular flexibility index (Phi) is 4.78. The second-order valence-electron chi connectivity index (χ2n) is 6.28. The lowest BCUT2D eigenvalue weighted by atomic mass is 9.81. The largest absolute Gasteiger partial charge is 0.481 e. The molecule has 24 heavy (non-hydrogen) atoms. The Hall–Kier alpha value is -2.44. The molecule has 1 aromatic carbocycles. The molecule has 0 radical (unpaired) electrons. The van der Waals surface area contributed by atoms with E-state index in [1.165, 1.54) is 12.1 Å². The second kappa shape index (κ2) is 6.98. The van der Waals surface area contributed by atoms with Crippen molar-refractivity contribution in [3.05, 3.63) is 29.8 Å². The van der Waals surface area contributed by atoms with Gasteiger partial charge in [-0.15, -0.1) is 0 Å². The summed E-state index contributed by atoms with van der Waals surface area (Å²) in [6, 6.07) is 4.35. The van der Waals surface area contributed by atoms with Crippen LogP contribution in [0.15, 0.2) is 18.2 Å². The van der Waals surface area contributed by atoms with Crippen molar-refractivity contribution >= 4 is 22.9 Å². The molecular formula is C17H20FN3O3. The Morgan fingerprint density at radius 2 is 2.12 bits per heavy atom. The number of aromatic amines is 1. The number of fused-ring (bicyclic) bond motifs is 1. The number of benzene rings is 1. The maximum Gasteiger partial charge on any atom is 0.306 e. The van der Waals surface area contributed by atoms with E-state index in [1.54, 1.807) is 6.07 Å². The number of H-pyrrole nitrogens is 1. The standard InChI is InChI=1S/C17H20FN3O3/c18-12-4-5-13-14(9-12)21-15(20-13)6-7-19-16(22)10-2-1-3-11(8-10)17(23)24/h4-5,9-11H,1-3,6-8H2,(H,19,22)(H,20,21)(H,23,24). The number of amides is 1. The normalized spacial score (nSPS) is 20.9. The summed E-state index contributed by atoms with van der Waals surface area (Å²) in [6.07, 6.45) is 3.07. The van der Waals surface area contributed by atoms with Crippen molar-refractivity contribution in [2.24, 2.45) is 11.8 Å². The van der Waals surface area contributed by atoms with Crippen LogP contribution in [-0.2, 0) is 16.0 Å². The van der Waals surface area contributed by atoms with Gasteiger partial charge in [0.15, 0.2) is 0 Å². The Labute approximate surface area is 138 Å². The van der Waals surface area contributed by atoms with Crippen molar-refractivity contribution in [1.29, 1.82) is 0 Å². The van der Waals surface area contributed by atoms with E-state index in [2.05, 4.69) is 15.3 Å². The molecule has 1 fully saturated rings. The first-order valence-electron chi connectivity index (χ1n) is 8.17. The molecule has 2 aromatic rings. The molecule has 1 amide bonds. The first kappa shape index (κ1) is 16.4. The van der Waals surface area contributed by atoms with Gasteiger partial charge in [-0.2, -0.15) is 0 Å². The third kappa shape index (κ3) is 3.72. The number of nitrogens with zero attached hydrogens (tertiary/aromatic N) is 1. The van der Waals surface area contributed by atoms with Gasteiger partial charge in [0, 0.05) is 18.9 Å². The van der Waals surface area contributed by atoms with Crippen LogP contribution in [-0.4, -0.2) is 33.5 Å². The van der Waals surface area contributed by atoms with Gasteiger partial charge in [-0.1, -0.05) is 6.42 Å². The van der Waals surface area contributed by atoms with Gasteiger partial charge in [0.1, 0.15) is 11.6 Å². The number of hydrogen-bond acceptors (Lipinski definition) is 3. The third-order valence-corrected chi connectivity index (χ3v) is 4.55. The van der Waals surface area contributed by atoms with Gasteiger partial charge in [0.05, 0.1) is 17.0 Å². The number of halogens is 1. The Balaban J connectivity index is 1.51. The molecule has 1 aromatic heterocycles. The minimum atomic E-state index is -0.818. The molecule has 3 N–H and O–H groups in total. The fourth-order valence-corrected chi connectivity index (χ4v) is 3.25. The van der Waals surface area contributed by atoms with Gasteiger partial charge in [0.25, 0.3) is 0 Å². The van der Waals surface area contributed by atoms with Crippen molar-refractivity contribution in [2.75, 3.05) is 6.54 Å². The van der Waals surface area contributed by atoms with Gasteiger partial charge in [-0.3, -0.25) is 9.59 Å². The maximum absolute atomic E-state index is 13.2. The molecule has 1 heterocycles. The summed E-state index contributed by atoms with van der Waals surface area (Å²) in [4.78, 5) is 30.6. The van der Waals surface area contributed by atoms with E-state index >= 15 is 0 Å². The van der Waals surface area contributed by atoms with Crippen LogP contribution in [0, 0.1) is 17.7 Å². The van der Waals surface area contributed by atoms with Gasteiger partial charge >= 0.3 is 5.97 Å². The fourth-order valence-electron chi connectivity index (χ4n) is 3.25. The van der Waals surface area contributed by atoms with E-state index in [0.29, 0.717) is 42.7 Å². The summed E-state index contributed by atoms with van der Waals surface area (Å²) in [5.41, 5.74) is 1.32. The number of aromatic nitrogens is 2. The second-order valence-corrected chi connectivity index (χ2v) is 6.28. The van der Waals surface area contributed by atoms with Gasteiger partial charge in [-0.05, 0) is 37.5 Å². The quantitative estimate of drug-likeness (QED) is 0.782. The number of carbonyl (C=O) groups excluding carboxylic acids is 1. The molecular weight excluding hydrogens is 313 g/mol. The van der Waals surface area contributed by atoms with Crippen molar-refractivity contribution in [1.82, 2.24) is 15.3 Å². The molecule has 0 saturated heterocycles. The predicted molar refractivity (Wildman–Crippen MR) is 85.8 cm³/mol. The Morgan fingerprint density at radius 1 is 1.33 bits per heavy atom. The molecule has 128 valence electrons. The number of nitrogens with one attached hydrogen (secondary N) is 2. The van der Waals surface area contributed by atoms with Crippen LogP contribution in [0.5, 0.6) is 0 Å². The number of imidazole rings is 1. The molecule has 7 heteroatoms. The summed E-state index contributed by atoms with van der Waals surface area (Å²) in [6.45, 7) is 0.412. The predicted octanol–water partition coefficient (Wildman–Crippen LogP) is 2.25. The summed E-state index contributed by atoms with van der Waals surface area (Å²) >= 11 is 0. The van der Waals surface area contributed by atoms with Crippen LogP contribution in [0.25, 0.3) is 11.0 Å². The molecule has 6 nitrogen and oxygen atoms in total. The summed E-state index contributed by atoms with van der Waals surface area (Å²) in [5, 5.41) is 11.9. The Morgan fingerprint density at radius 3 is 2.92 bits per heavy atom. The zero-order valence-electron chi connectivity index (χ0n) is 13.2. The van der Waals surface area contributed by atoms with E-state index < -0.39 is 11.9 Å². The van der Waals surface area contributed by atoms with Crippen molar-refractivity contribution in [3.8, 4) is 0 Å². The smallest absolute Gasteiger partial charge is 0.306 e. The highest BCUT2D eigenvalue weighted by Gasteiger charge is 2.30. The van der Waals surface area contributed by atoms with Crippen molar-refractivity contribution in [2.45, 2.75) is 32.1 Å². The van der Waals surface area contributed by atoms with Crippen LogP contribution in [0.4, 0.5) is 4.39 Å². The van der Waals surface area contributed by atoms with E-state index in [0.717, 1.165) is 12.8 Å². The van der Waals surface area contributed by atoms with Crippen LogP contribution < -0.4 is 5.32 Å². The lowest BCUT2D eigenvalue weighted by molar-refractivity contribution is -0.144.